The monoisotopic (exact) mass is 510 g/mol. The number of hydrogen-bond donors (Lipinski definition) is 1. The highest BCUT2D eigenvalue weighted by atomic mass is 79.9. The zero-order valence-corrected chi connectivity index (χ0v) is 18.1. The van der Waals surface area contributed by atoms with Gasteiger partial charge in [-0.3, -0.25) is 4.79 Å². The quantitative estimate of drug-likeness (QED) is 0.305. The summed E-state index contributed by atoms with van der Waals surface area (Å²) in [5.74, 6) is -0.254. The molecule has 9 heteroatoms. The standard InChI is InChI=1S/C22H15BrClF3N2O2/c23-18-6-9-20(31-13-14-4-7-19(24)8-5-14)16(11-18)12-28-29-21(30)15-2-1-3-17(10-15)22(25,26)27/h1-12H,13H2,(H,29,30)/b28-12-. The second kappa shape index (κ2) is 9.98. The number of hydrogen-bond acceptors (Lipinski definition) is 3. The van der Waals surface area contributed by atoms with Crippen LogP contribution in [0.2, 0.25) is 5.02 Å². The molecule has 160 valence electrons. The minimum absolute atomic E-state index is 0.152. The summed E-state index contributed by atoms with van der Waals surface area (Å²) in [4.78, 5) is 12.2. The number of benzene rings is 3. The lowest BCUT2D eigenvalue weighted by molar-refractivity contribution is -0.137. The molecule has 0 aliphatic carbocycles. The first-order valence-electron chi connectivity index (χ1n) is 8.90. The Labute approximate surface area is 189 Å². The number of hydrazone groups is 1. The summed E-state index contributed by atoms with van der Waals surface area (Å²) in [5.41, 5.74) is 2.64. The molecule has 1 N–H and O–H groups in total. The van der Waals surface area contributed by atoms with Gasteiger partial charge in [-0.15, -0.1) is 0 Å². The van der Waals surface area contributed by atoms with E-state index >= 15 is 0 Å². The second-order valence-electron chi connectivity index (χ2n) is 6.37. The number of rotatable bonds is 6. The predicted molar refractivity (Wildman–Crippen MR) is 116 cm³/mol. The van der Waals surface area contributed by atoms with E-state index in [1.165, 1.54) is 18.3 Å². The van der Waals surface area contributed by atoms with Gasteiger partial charge in [-0.25, -0.2) is 5.43 Å². The van der Waals surface area contributed by atoms with Crippen molar-refractivity contribution in [2.75, 3.05) is 0 Å². The minimum Gasteiger partial charge on any atom is -0.488 e. The Kier molecular flexibility index (Phi) is 7.35. The van der Waals surface area contributed by atoms with Crippen LogP contribution in [0.4, 0.5) is 13.2 Å². The molecular weight excluding hydrogens is 497 g/mol. The van der Waals surface area contributed by atoms with Crippen molar-refractivity contribution in [3.05, 3.63) is 98.5 Å². The number of nitrogens with one attached hydrogen (secondary N) is 1. The van der Waals surface area contributed by atoms with Gasteiger partial charge in [-0.2, -0.15) is 18.3 Å². The van der Waals surface area contributed by atoms with Gasteiger partial charge >= 0.3 is 6.18 Å². The van der Waals surface area contributed by atoms with Crippen molar-refractivity contribution in [2.45, 2.75) is 12.8 Å². The van der Waals surface area contributed by atoms with Gasteiger partial charge in [0.1, 0.15) is 12.4 Å². The lowest BCUT2D eigenvalue weighted by Gasteiger charge is -2.10. The molecule has 0 bridgehead atoms. The Morgan fingerprint density at radius 2 is 1.84 bits per heavy atom. The Morgan fingerprint density at radius 1 is 1.10 bits per heavy atom. The van der Waals surface area contributed by atoms with Crippen molar-refractivity contribution in [2.24, 2.45) is 5.10 Å². The van der Waals surface area contributed by atoms with Crippen molar-refractivity contribution < 1.29 is 22.7 Å². The molecule has 0 aliphatic heterocycles. The van der Waals surface area contributed by atoms with Crippen LogP contribution in [-0.4, -0.2) is 12.1 Å². The van der Waals surface area contributed by atoms with Crippen LogP contribution in [0.3, 0.4) is 0 Å². The zero-order valence-electron chi connectivity index (χ0n) is 15.8. The van der Waals surface area contributed by atoms with Crippen molar-refractivity contribution in [3.8, 4) is 5.75 Å². The first-order chi connectivity index (χ1) is 14.7. The topological polar surface area (TPSA) is 50.7 Å². The molecule has 0 atom stereocenters. The van der Waals surface area contributed by atoms with E-state index in [2.05, 4.69) is 26.5 Å². The molecule has 4 nitrogen and oxygen atoms in total. The average Bonchev–Trinajstić information content (AvgIpc) is 2.74. The van der Waals surface area contributed by atoms with Gasteiger partial charge in [0.15, 0.2) is 0 Å². The summed E-state index contributed by atoms with van der Waals surface area (Å²) in [6.45, 7) is 0.288. The molecule has 0 saturated heterocycles. The third kappa shape index (κ3) is 6.57. The molecule has 3 aromatic rings. The van der Waals surface area contributed by atoms with Crippen LogP contribution in [0.25, 0.3) is 0 Å². The third-order valence-corrected chi connectivity index (χ3v) is 4.85. The molecule has 0 heterocycles. The summed E-state index contributed by atoms with van der Waals surface area (Å²) >= 11 is 9.23. The molecule has 1 amide bonds. The summed E-state index contributed by atoms with van der Waals surface area (Å²) < 4.78 is 45.0. The molecule has 0 spiro atoms. The van der Waals surface area contributed by atoms with Crippen molar-refractivity contribution in [1.82, 2.24) is 5.43 Å². The average molecular weight is 512 g/mol. The fraction of sp³-hybridized carbons (Fsp3) is 0.0909. The molecule has 0 radical (unpaired) electrons. The van der Waals surface area contributed by atoms with Gasteiger partial charge in [0.25, 0.3) is 5.91 Å². The van der Waals surface area contributed by atoms with Crippen LogP contribution in [0.15, 0.2) is 76.3 Å². The molecule has 31 heavy (non-hydrogen) atoms. The maximum absolute atomic E-state index is 12.8. The summed E-state index contributed by atoms with van der Waals surface area (Å²) in [6.07, 6.45) is -3.18. The molecule has 0 unspecified atom stereocenters. The van der Waals surface area contributed by atoms with Gasteiger partial charge < -0.3 is 4.74 Å². The van der Waals surface area contributed by atoms with Crippen molar-refractivity contribution >= 4 is 39.7 Å². The van der Waals surface area contributed by atoms with Crippen LogP contribution >= 0.6 is 27.5 Å². The van der Waals surface area contributed by atoms with E-state index in [1.54, 1.807) is 30.3 Å². The van der Waals surface area contributed by atoms with E-state index in [4.69, 9.17) is 16.3 Å². The lowest BCUT2D eigenvalue weighted by atomic mass is 10.1. The minimum atomic E-state index is -4.54. The lowest BCUT2D eigenvalue weighted by Crippen LogP contribution is -2.18. The maximum atomic E-state index is 12.8. The zero-order chi connectivity index (χ0) is 22.4. The highest BCUT2D eigenvalue weighted by Gasteiger charge is 2.30. The molecule has 0 aromatic heterocycles. The van der Waals surface area contributed by atoms with E-state index < -0.39 is 17.6 Å². The largest absolute Gasteiger partial charge is 0.488 e. The predicted octanol–water partition coefficient (Wildman–Crippen LogP) is 6.46. The molecule has 3 rings (SSSR count). The fourth-order valence-electron chi connectivity index (χ4n) is 2.56. The number of carbonyl (C=O) groups is 1. The van der Waals surface area contributed by atoms with E-state index in [9.17, 15) is 18.0 Å². The normalized spacial score (nSPS) is 11.5. The smallest absolute Gasteiger partial charge is 0.416 e. The van der Waals surface area contributed by atoms with E-state index in [-0.39, 0.29) is 12.2 Å². The van der Waals surface area contributed by atoms with E-state index in [1.807, 2.05) is 12.1 Å². The van der Waals surface area contributed by atoms with Crippen molar-refractivity contribution in [3.63, 3.8) is 0 Å². The Morgan fingerprint density at radius 3 is 2.55 bits per heavy atom. The second-order valence-corrected chi connectivity index (χ2v) is 7.73. The van der Waals surface area contributed by atoms with Crippen LogP contribution < -0.4 is 10.2 Å². The Balaban J connectivity index is 1.69. The molecule has 0 saturated carbocycles. The van der Waals surface area contributed by atoms with Gasteiger partial charge in [-0.1, -0.05) is 45.7 Å². The van der Waals surface area contributed by atoms with Crippen molar-refractivity contribution in [1.29, 1.82) is 0 Å². The van der Waals surface area contributed by atoms with Gasteiger partial charge in [-0.05, 0) is 54.1 Å². The van der Waals surface area contributed by atoms with Gasteiger partial charge in [0.05, 0.1) is 11.8 Å². The molecule has 0 aliphatic rings. The van der Waals surface area contributed by atoms with E-state index in [0.29, 0.717) is 16.3 Å². The van der Waals surface area contributed by atoms with Gasteiger partial charge in [0.2, 0.25) is 0 Å². The molecule has 3 aromatic carbocycles. The SMILES string of the molecule is O=C(N/N=C\c1cc(Br)ccc1OCc1ccc(Cl)cc1)c1cccc(C(F)(F)F)c1. The summed E-state index contributed by atoms with van der Waals surface area (Å²) in [6, 6.07) is 16.5. The number of amides is 1. The maximum Gasteiger partial charge on any atom is 0.416 e. The van der Waals surface area contributed by atoms with Gasteiger partial charge in [0, 0.05) is 20.6 Å². The number of halogens is 5. The summed E-state index contributed by atoms with van der Waals surface area (Å²) in [7, 11) is 0. The summed E-state index contributed by atoms with van der Waals surface area (Å²) in [5, 5.41) is 4.48. The highest BCUT2D eigenvalue weighted by molar-refractivity contribution is 9.10. The number of nitrogens with zero attached hydrogens (tertiary/aromatic N) is 1. The Hall–Kier alpha value is -2.84. The Bertz CT molecular complexity index is 1100. The fourth-order valence-corrected chi connectivity index (χ4v) is 3.06. The highest BCUT2D eigenvalue weighted by Crippen LogP contribution is 2.29. The van der Waals surface area contributed by atoms with Crippen LogP contribution in [-0.2, 0) is 12.8 Å². The first-order valence-corrected chi connectivity index (χ1v) is 10.1. The number of ether oxygens (including phenoxy) is 1. The first kappa shape index (κ1) is 22.8. The third-order valence-electron chi connectivity index (χ3n) is 4.10. The van der Waals surface area contributed by atoms with E-state index in [0.717, 1.165) is 22.2 Å². The molecular formula is C22H15BrClF3N2O2. The van der Waals surface area contributed by atoms with Crippen LogP contribution in [0, 0.1) is 0 Å². The number of carbonyl (C=O) groups excluding carboxylic acids is 1. The number of alkyl halides is 3. The van der Waals surface area contributed by atoms with Crippen LogP contribution in [0.1, 0.15) is 27.0 Å². The molecule has 0 fully saturated rings. The van der Waals surface area contributed by atoms with Crippen LogP contribution in [0.5, 0.6) is 5.75 Å².